The summed E-state index contributed by atoms with van der Waals surface area (Å²) in [4.78, 5) is 26.9. The lowest BCUT2D eigenvalue weighted by molar-refractivity contribution is -0.120. The summed E-state index contributed by atoms with van der Waals surface area (Å²) in [6.45, 7) is 2.45. The largest absolute Gasteiger partial charge is 0.384 e. The normalized spacial score (nSPS) is 9.30. The molecule has 1 aromatic rings. The predicted octanol–water partition coefficient (Wildman–Crippen LogP) is -0.319. The van der Waals surface area contributed by atoms with Crippen LogP contribution in [0, 0.1) is 11.8 Å². The fourth-order valence-electron chi connectivity index (χ4n) is 1.41. The van der Waals surface area contributed by atoms with Crippen molar-refractivity contribution < 1.29 is 14.7 Å². The zero-order chi connectivity index (χ0) is 14.8. The number of rotatable bonds is 5. The number of pyridine rings is 1. The Morgan fingerprint density at radius 2 is 2.15 bits per heavy atom. The van der Waals surface area contributed by atoms with Gasteiger partial charge in [0.2, 0.25) is 5.91 Å². The van der Waals surface area contributed by atoms with Gasteiger partial charge >= 0.3 is 0 Å². The summed E-state index contributed by atoms with van der Waals surface area (Å²) in [5.74, 6) is 4.74. The van der Waals surface area contributed by atoms with Gasteiger partial charge in [-0.25, -0.2) is 4.98 Å². The molecular weight excluding hydrogens is 258 g/mol. The van der Waals surface area contributed by atoms with Crippen LogP contribution < -0.4 is 10.6 Å². The molecule has 6 heteroatoms. The van der Waals surface area contributed by atoms with Crippen LogP contribution in [0.2, 0.25) is 0 Å². The Balaban J connectivity index is 2.45. The molecule has 0 saturated carbocycles. The number of aromatic nitrogens is 1. The summed E-state index contributed by atoms with van der Waals surface area (Å²) in [5, 5.41) is 13.8. The Labute approximate surface area is 117 Å². The molecule has 0 bridgehead atoms. The summed E-state index contributed by atoms with van der Waals surface area (Å²) in [6.07, 6.45) is 1.70. The van der Waals surface area contributed by atoms with E-state index in [0.29, 0.717) is 12.1 Å². The smallest absolute Gasteiger partial charge is 0.269 e. The maximum Gasteiger partial charge on any atom is 0.269 e. The summed E-state index contributed by atoms with van der Waals surface area (Å²) < 4.78 is 0. The van der Waals surface area contributed by atoms with E-state index in [0.717, 1.165) is 0 Å². The topological polar surface area (TPSA) is 91.3 Å². The van der Waals surface area contributed by atoms with Gasteiger partial charge in [0.05, 0.1) is 0 Å². The molecule has 1 rings (SSSR count). The third-order valence-corrected chi connectivity index (χ3v) is 2.32. The average Bonchev–Trinajstić information content (AvgIpc) is 2.46. The highest BCUT2D eigenvalue weighted by molar-refractivity contribution is 5.92. The number of hydrogen-bond acceptors (Lipinski definition) is 4. The van der Waals surface area contributed by atoms with Gasteiger partial charge < -0.3 is 15.7 Å². The van der Waals surface area contributed by atoms with E-state index in [9.17, 15) is 9.59 Å². The van der Waals surface area contributed by atoms with Gasteiger partial charge in [-0.05, 0) is 19.1 Å². The first-order valence-electron chi connectivity index (χ1n) is 6.28. The molecule has 106 valence electrons. The van der Waals surface area contributed by atoms with E-state index in [1.54, 1.807) is 12.1 Å². The van der Waals surface area contributed by atoms with Crippen molar-refractivity contribution in [1.82, 2.24) is 15.6 Å². The molecule has 0 aromatic carbocycles. The predicted molar refractivity (Wildman–Crippen MR) is 73.8 cm³/mol. The molecule has 0 aliphatic heterocycles. The fourth-order valence-corrected chi connectivity index (χ4v) is 1.41. The molecule has 0 fully saturated rings. The number of nitrogens with one attached hydrogen (secondary N) is 2. The summed E-state index contributed by atoms with van der Waals surface area (Å²) in [6, 6.07) is 3.19. The van der Waals surface area contributed by atoms with Gasteiger partial charge in [-0.3, -0.25) is 9.59 Å². The molecule has 3 N–H and O–H groups in total. The molecule has 0 saturated heterocycles. The van der Waals surface area contributed by atoms with Gasteiger partial charge in [0.1, 0.15) is 12.3 Å². The zero-order valence-electron chi connectivity index (χ0n) is 11.3. The number of hydrogen-bond donors (Lipinski definition) is 3. The van der Waals surface area contributed by atoms with Crippen molar-refractivity contribution in [2.75, 3.05) is 19.7 Å². The molecule has 1 aromatic heterocycles. The van der Waals surface area contributed by atoms with Gasteiger partial charge in [0.25, 0.3) is 5.91 Å². The maximum absolute atomic E-state index is 11.7. The SMILES string of the molecule is CCNC(=O)CCNC(=O)c1ccc(C#CCO)cn1. The van der Waals surface area contributed by atoms with Crippen LogP contribution in [0.15, 0.2) is 18.3 Å². The van der Waals surface area contributed by atoms with Crippen LogP contribution in [0.1, 0.15) is 29.4 Å². The van der Waals surface area contributed by atoms with Crippen molar-refractivity contribution >= 4 is 11.8 Å². The van der Waals surface area contributed by atoms with Crippen LogP contribution in [-0.2, 0) is 4.79 Å². The lowest BCUT2D eigenvalue weighted by Gasteiger charge is -2.04. The van der Waals surface area contributed by atoms with Crippen molar-refractivity contribution in [2.45, 2.75) is 13.3 Å². The van der Waals surface area contributed by atoms with Gasteiger partial charge in [-0.15, -0.1) is 0 Å². The highest BCUT2D eigenvalue weighted by Gasteiger charge is 2.07. The van der Waals surface area contributed by atoms with Crippen LogP contribution >= 0.6 is 0 Å². The molecular formula is C14H17N3O3. The number of aliphatic hydroxyl groups excluding tert-OH is 1. The Bertz CT molecular complexity index is 515. The van der Waals surface area contributed by atoms with Crippen molar-refractivity contribution in [1.29, 1.82) is 0 Å². The Morgan fingerprint density at radius 1 is 1.35 bits per heavy atom. The molecule has 1 heterocycles. The zero-order valence-corrected chi connectivity index (χ0v) is 11.3. The number of carbonyl (C=O) groups excluding carboxylic acids is 2. The van der Waals surface area contributed by atoms with Crippen molar-refractivity contribution in [3.05, 3.63) is 29.6 Å². The third-order valence-electron chi connectivity index (χ3n) is 2.32. The summed E-state index contributed by atoms with van der Waals surface area (Å²) in [5.41, 5.74) is 0.883. The first kappa shape index (κ1) is 15.7. The second-order valence-electron chi connectivity index (χ2n) is 3.85. The highest BCUT2D eigenvalue weighted by atomic mass is 16.2. The van der Waals surface area contributed by atoms with Crippen molar-refractivity contribution in [2.24, 2.45) is 0 Å². The van der Waals surface area contributed by atoms with Gasteiger partial charge in [-0.1, -0.05) is 11.8 Å². The van der Waals surface area contributed by atoms with E-state index in [-0.39, 0.29) is 37.1 Å². The first-order valence-corrected chi connectivity index (χ1v) is 6.28. The second kappa shape index (κ2) is 8.67. The van der Waals surface area contributed by atoms with Crippen molar-refractivity contribution in [3.63, 3.8) is 0 Å². The van der Waals surface area contributed by atoms with Crippen LogP contribution in [0.3, 0.4) is 0 Å². The third kappa shape index (κ3) is 5.50. The van der Waals surface area contributed by atoms with Gasteiger partial charge in [-0.2, -0.15) is 0 Å². The Hall–Kier alpha value is -2.39. The van der Waals surface area contributed by atoms with E-state index in [1.165, 1.54) is 6.20 Å². The molecule has 0 aliphatic carbocycles. The van der Waals surface area contributed by atoms with Crippen LogP contribution in [0.5, 0.6) is 0 Å². The van der Waals surface area contributed by atoms with E-state index >= 15 is 0 Å². The molecule has 6 nitrogen and oxygen atoms in total. The Kier molecular flexibility index (Phi) is 6.79. The van der Waals surface area contributed by atoms with Crippen LogP contribution in [-0.4, -0.2) is 41.6 Å². The van der Waals surface area contributed by atoms with Gasteiger partial charge in [0, 0.05) is 31.3 Å². The summed E-state index contributed by atoms with van der Waals surface area (Å²) in [7, 11) is 0. The number of nitrogens with zero attached hydrogens (tertiary/aromatic N) is 1. The Morgan fingerprint density at radius 3 is 2.75 bits per heavy atom. The molecule has 0 atom stereocenters. The fraction of sp³-hybridized carbons (Fsp3) is 0.357. The van der Waals surface area contributed by atoms with Crippen LogP contribution in [0.4, 0.5) is 0 Å². The quantitative estimate of drug-likeness (QED) is 0.642. The molecule has 0 aliphatic rings. The minimum absolute atomic E-state index is 0.101. The van der Waals surface area contributed by atoms with E-state index < -0.39 is 0 Å². The number of aliphatic hydroxyl groups is 1. The van der Waals surface area contributed by atoms with Crippen LogP contribution in [0.25, 0.3) is 0 Å². The lowest BCUT2D eigenvalue weighted by Crippen LogP contribution is -2.30. The van der Waals surface area contributed by atoms with E-state index in [2.05, 4.69) is 27.5 Å². The average molecular weight is 275 g/mol. The standard InChI is InChI=1S/C14H17N3O3/c1-2-15-13(19)7-8-16-14(20)12-6-5-11(10-17-12)4-3-9-18/h5-6,10,18H,2,7-9H2,1H3,(H,15,19)(H,16,20). The lowest BCUT2D eigenvalue weighted by atomic mass is 10.2. The van der Waals surface area contributed by atoms with E-state index in [1.807, 2.05) is 6.92 Å². The molecule has 0 radical (unpaired) electrons. The molecule has 0 unspecified atom stereocenters. The molecule has 20 heavy (non-hydrogen) atoms. The molecule has 2 amide bonds. The molecule has 0 spiro atoms. The second-order valence-corrected chi connectivity index (χ2v) is 3.85. The minimum atomic E-state index is -0.337. The first-order chi connectivity index (χ1) is 9.67. The van der Waals surface area contributed by atoms with E-state index in [4.69, 9.17) is 5.11 Å². The minimum Gasteiger partial charge on any atom is -0.384 e. The maximum atomic E-state index is 11.7. The van der Waals surface area contributed by atoms with Crippen molar-refractivity contribution in [3.8, 4) is 11.8 Å². The number of amides is 2. The van der Waals surface area contributed by atoms with Gasteiger partial charge in [0.15, 0.2) is 0 Å². The number of carbonyl (C=O) groups is 2. The summed E-state index contributed by atoms with van der Waals surface area (Å²) >= 11 is 0. The monoisotopic (exact) mass is 275 g/mol. The highest BCUT2D eigenvalue weighted by Crippen LogP contribution is 1.98.